The van der Waals surface area contributed by atoms with Crippen molar-refractivity contribution < 1.29 is 22.4 Å². The van der Waals surface area contributed by atoms with Gasteiger partial charge in [0.2, 0.25) is 15.9 Å². The van der Waals surface area contributed by atoms with Gasteiger partial charge in [0.15, 0.2) is 5.76 Å². The van der Waals surface area contributed by atoms with Crippen LogP contribution >= 0.6 is 0 Å². The minimum atomic E-state index is -3.41. The lowest BCUT2D eigenvalue weighted by Crippen LogP contribution is -2.51. The SMILES string of the molecule is CCS(=O)(=O)Nc1cccc(-c2ccc3c(c2)N(C(=O)c2ccco2)C[C@H](C)N3C(C)=O)c1. The van der Waals surface area contributed by atoms with Gasteiger partial charge in [0.05, 0.1) is 29.4 Å². The molecule has 3 aromatic rings. The molecule has 1 aromatic heterocycles. The quantitative estimate of drug-likeness (QED) is 0.609. The molecule has 4 rings (SSSR count). The van der Waals surface area contributed by atoms with E-state index in [2.05, 4.69) is 4.72 Å². The van der Waals surface area contributed by atoms with E-state index in [4.69, 9.17) is 4.42 Å². The summed E-state index contributed by atoms with van der Waals surface area (Å²) in [5.41, 5.74) is 3.22. The van der Waals surface area contributed by atoms with E-state index >= 15 is 0 Å². The van der Waals surface area contributed by atoms with Crippen LogP contribution in [0.5, 0.6) is 0 Å². The molecule has 0 aliphatic carbocycles. The fourth-order valence-electron chi connectivity index (χ4n) is 4.02. The van der Waals surface area contributed by atoms with Crippen molar-refractivity contribution in [3.63, 3.8) is 0 Å². The summed E-state index contributed by atoms with van der Waals surface area (Å²) >= 11 is 0. The average molecular weight is 468 g/mol. The molecule has 0 radical (unpaired) electrons. The van der Waals surface area contributed by atoms with Crippen LogP contribution in [0.25, 0.3) is 11.1 Å². The van der Waals surface area contributed by atoms with Gasteiger partial charge in [0.25, 0.3) is 5.91 Å². The maximum absolute atomic E-state index is 13.2. The van der Waals surface area contributed by atoms with Gasteiger partial charge in [-0.3, -0.25) is 14.3 Å². The highest BCUT2D eigenvalue weighted by Crippen LogP contribution is 2.40. The van der Waals surface area contributed by atoms with Crippen molar-refractivity contribution in [3.05, 3.63) is 66.6 Å². The highest BCUT2D eigenvalue weighted by molar-refractivity contribution is 7.92. The van der Waals surface area contributed by atoms with Crippen LogP contribution in [0.1, 0.15) is 31.3 Å². The number of benzene rings is 2. The van der Waals surface area contributed by atoms with Crippen LogP contribution in [0.15, 0.2) is 65.3 Å². The summed E-state index contributed by atoms with van der Waals surface area (Å²) in [6.07, 6.45) is 1.45. The first-order chi connectivity index (χ1) is 15.7. The largest absolute Gasteiger partial charge is 0.459 e. The first-order valence-electron chi connectivity index (χ1n) is 10.6. The van der Waals surface area contributed by atoms with Gasteiger partial charge in [-0.05, 0) is 61.4 Å². The summed E-state index contributed by atoms with van der Waals surface area (Å²) in [4.78, 5) is 28.9. The summed E-state index contributed by atoms with van der Waals surface area (Å²) in [6, 6.07) is 15.6. The zero-order chi connectivity index (χ0) is 23.8. The van der Waals surface area contributed by atoms with Crippen LogP contribution in [0.2, 0.25) is 0 Å². The molecule has 2 aromatic carbocycles. The summed E-state index contributed by atoms with van der Waals surface area (Å²) in [7, 11) is -3.41. The Morgan fingerprint density at radius 1 is 1.06 bits per heavy atom. The highest BCUT2D eigenvalue weighted by atomic mass is 32.2. The minimum Gasteiger partial charge on any atom is -0.459 e. The highest BCUT2D eigenvalue weighted by Gasteiger charge is 2.35. The number of fused-ring (bicyclic) bond motifs is 1. The van der Waals surface area contributed by atoms with Crippen molar-refractivity contribution in [1.82, 2.24) is 0 Å². The molecule has 0 saturated carbocycles. The topological polar surface area (TPSA) is 99.9 Å². The predicted octanol–water partition coefficient (Wildman–Crippen LogP) is 4.11. The molecule has 1 atom stereocenters. The molecule has 0 saturated heterocycles. The first-order valence-corrected chi connectivity index (χ1v) is 12.3. The van der Waals surface area contributed by atoms with Crippen molar-refractivity contribution in [2.45, 2.75) is 26.8 Å². The number of hydrogen-bond donors (Lipinski definition) is 1. The molecule has 1 aliphatic rings. The Labute approximate surface area is 192 Å². The maximum atomic E-state index is 13.2. The van der Waals surface area contributed by atoms with Crippen LogP contribution in [0.4, 0.5) is 17.1 Å². The number of nitrogens with zero attached hydrogens (tertiary/aromatic N) is 2. The van der Waals surface area contributed by atoms with Gasteiger partial charge in [0, 0.05) is 19.2 Å². The number of carbonyl (C=O) groups is 2. The van der Waals surface area contributed by atoms with Crippen LogP contribution in [0.3, 0.4) is 0 Å². The minimum absolute atomic E-state index is 0.0288. The van der Waals surface area contributed by atoms with Crippen molar-refractivity contribution in [1.29, 1.82) is 0 Å². The third-order valence-electron chi connectivity index (χ3n) is 5.58. The van der Waals surface area contributed by atoms with Gasteiger partial charge in [-0.1, -0.05) is 18.2 Å². The van der Waals surface area contributed by atoms with Gasteiger partial charge < -0.3 is 14.2 Å². The average Bonchev–Trinajstić information content (AvgIpc) is 3.32. The van der Waals surface area contributed by atoms with Gasteiger partial charge in [-0.25, -0.2) is 8.42 Å². The van der Waals surface area contributed by atoms with Crippen molar-refractivity contribution >= 4 is 38.9 Å². The van der Waals surface area contributed by atoms with E-state index in [1.54, 1.807) is 47.1 Å². The lowest BCUT2D eigenvalue weighted by atomic mass is 10.00. The number of rotatable bonds is 5. The molecule has 2 heterocycles. The summed E-state index contributed by atoms with van der Waals surface area (Å²) in [5, 5.41) is 0. The maximum Gasteiger partial charge on any atom is 0.294 e. The fraction of sp³-hybridized carbons (Fsp3) is 0.250. The van der Waals surface area contributed by atoms with Crippen molar-refractivity contribution in [2.24, 2.45) is 0 Å². The standard InChI is InChI=1S/C24H25N3O5S/c1-4-33(30,31)25-20-8-5-7-18(13-20)19-10-11-21-22(14-19)26(15-16(2)27(21)17(3)28)24(29)23-9-6-12-32-23/h5-14,16,25H,4,15H2,1-3H3/t16-/m0/s1. The Morgan fingerprint density at radius 2 is 1.82 bits per heavy atom. The van der Waals surface area contributed by atoms with E-state index in [0.717, 1.165) is 11.1 Å². The zero-order valence-corrected chi connectivity index (χ0v) is 19.4. The van der Waals surface area contributed by atoms with Gasteiger partial charge in [-0.15, -0.1) is 0 Å². The van der Waals surface area contributed by atoms with Gasteiger partial charge in [-0.2, -0.15) is 0 Å². The molecule has 1 aliphatic heterocycles. The van der Waals surface area contributed by atoms with Crippen LogP contribution in [0, 0.1) is 0 Å². The Balaban J connectivity index is 1.79. The smallest absolute Gasteiger partial charge is 0.294 e. The second-order valence-electron chi connectivity index (χ2n) is 7.92. The number of anilines is 3. The van der Waals surface area contributed by atoms with Crippen LogP contribution in [-0.4, -0.2) is 38.6 Å². The molecule has 0 bridgehead atoms. The second kappa shape index (κ2) is 8.74. The monoisotopic (exact) mass is 467 g/mol. The molecule has 172 valence electrons. The van der Waals surface area contributed by atoms with E-state index in [-0.39, 0.29) is 29.4 Å². The van der Waals surface area contributed by atoms with E-state index in [0.29, 0.717) is 23.6 Å². The third-order valence-corrected chi connectivity index (χ3v) is 6.89. The summed E-state index contributed by atoms with van der Waals surface area (Å²) < 4.78 is 31.8. The zero-order valence-electron chi connectivity index (χ0n) is 18.6. The number of carbonyl (C=O) groups excluding carboxylic acids is 2. The van der Waals surface area contributed by atoms with E-state index in [1.807, 2.05) is 31.2 Å². The van der Waals surface area contributed by atoms with E-state index in [9.17, 15) is 18.0 Å². The van der Waals surface area contributed by atoms with E-state index in [1.165, 1.54) is 13.2 Å². The number of sulfonamides is 1. The lowest BCUT2D eigenvalue weighted by Gasteiger charge is -2.40. The number of amides is 2. The predicted molar refractivity (Wildman–Crippen MR) is 128 cm³/mol. The first kappa shape index (κ1) is 22.6. The van der Waals surface area contributed by atoms with Crippen LogP contribution in [-0.2, 0) is 14.8 Å². The Hall–Kier alpha value is -3.59. The van der Waals surface area contributed by atoms with Crippen molar-refractivity contribution in [2.75, 3.05) is 26.8 Å². The normalized spacial score (nSPS) is 15.8. The molecular formula is C24H25N3O5S. The van der Waals surface area contributed by atoms with Gasteiger partial charge in [0.1, 0.15) is 0 Å². The number of hydrogen-bond acceptors (Lipinski definition) is 5. The number of furan rings is 1. The van der Waals surface area contributed by atoms with Crippen molar-refractivity contribution in [3.8, 4) is 11.1 Å². The molecule has 33 heavy (non-hydrogen) atoms. The fourth-order valence-corrected chi connectivity index (χ4v) is 4.65. The van der Waals surface area contributed by atoms with E-state index < -0.39 is 10.0 Å². The molecule has 2 amide bonds. The number of nitrogens with one attached hydrogen (secondary N) is 1. The summed E-state index contributed by atoms with van der Waals surface area (Å²) in [6.45, 7) is 5.28. The molecule has 0 fully saturated rings. The summed E-state index contributed by atoms with van der Waals surface area (Å²) in [5.74, 6) is -0.222. The molecular weight excluding hydrogens is 442 g/mol. The Kier molecular flexibility index (Phi) is 5.99. The third kappa shape index (κ3) is 4.49. The molecule has 0 spiro atoms. The molecule has 0 unspecified atom stereocenters. The Morgan fingerprint density at radius 3 is 2.48 bits per heavy atom. The Bertz CT molecular complexity index is 1300. The molecule has 8 nitrogen and oxygen atoms in total. The lowest BCUT2D eigenvalue weighted by molar-refractivity contribution is -0.117. The molecule has 9 heteroatoms. The van der Waals surface area contributed by atoms with Crippen LogP contribution < -0.4 is 14.5 Å². The van der Waals surface area contributed by atoms with Gasteiger partial charge >= 0.3 is 0 Å². The second-order valence-corrected chi connectivity index (χ2v) is 9.93. The molecule has 1 N–H and O–H groups in total.